The maximum Gasteiger partial charge on any atom is 0.227 e. The highest BCUT2D eigenvalue weighted by atomic mass is 19.1. The third kappa shape index (κ3) is 6.23. The predicted octanol–water partition coefficient (Wildman–Crippen LogP) is 5.25. The van der Waals surface area contributed by atoms with Crippen molar-refractivity contribution in [2.45, 2.75) is 64.8 Å². The van der Waals surface area contributed by atoms with E-state index < -0.39 is 11.9 Å². The van der Waals surface area contributed by atoms with Crippen molar-refractivity contribution >= 4 is 0 Å². The van der Waals surface area contributed by atoms with Gasteiger partial charge >= 0.3 is 0 Å². The van der Waals surface area contributed by atoms with Crippen LogP contribution >= 0.6 is 0 Å². The van der Waals surface area contributed by atoms with Gasteiger partial charge in [-0.25, -0.2) is 9.07 Å². The molecular weight excluding hydrogens is 433 g/mol. The molecule has 6 nitrogen and oxygen atoms in total. The molecule has 1 aromatic heterocycles. The van der Waals surface area contributed by atoms with Crippen LogP contribution in [0.3, 0.4) is 0 Å². The van der Waals surface area contributed by atoms with Crippen LogP contribution in [0, 0.1) is 12.7 Å². The Labute approximate surface area is 200 Å². The van der Waals surface area contributed by atoms with Gasteiger partial charge in [0.25, 0.3) is 0 Å². The molecule has 1 saturated carbocycles. The summed E-state index contributed by atoms with van der Waals surface area (Å²) in [6, 6.07) is 16.5. The summed E-state index contributed by atoms with van der Waals surface area (Å²) < 4.78 is 28.2. The first-order valence-corrected chi connectivity index (χ1v) is 11.8. The molecule has 1 fully saturated rings. The van der Waals surface area contributed by atoms with Crippen molar-refractivity contribution in [3.63, 3.8) is 0 Å². The molecule has 0 amide bonds. The lowest BCUT2D eigenvalue weighted by molar-refractivity contribution is -0.0573. The first-order valence-electron chi connectivity index (χ1n) is 11.8. The molecular formula is C27H34FN3O3. The number of halogens is 1. The number of aryl methyl sites for hydroxylation is 1. The predicted molar refractivity (Wildman–Crippen MR) is 130 cm³/mol. The SMILES string of the molecule is Cc1nn(-c2ccccc2)c(Oc2ccccc2F)c1CN(C[C@@H](O)COC(C)(C)C)C1CC1. The van der Waals surface area contributed by atoms with Crippen LogP contribution < -0.4 is 4.74 Å². The maximum atomic E-state index is 14.5. The average molecular weight is 468 g/mol. The van der Waals surface area contributed by atoms with Gasteiger partial charge in [0.05, 0.1) is 35.3 Å². The third-order valence-corrected chi connectivity index (χ3v) is 5.76. The summed E-state index contributed by atoms with van der Waals surface area (Å²) in [5.74, 6) is 0.206. The lowest BCUT2D eigenvalue weighted by atomic mass is 10.2. The summed E-state index contributed by atoms with van der Waals surface area (Å²) in [5.41, 5.74) is 2.21. The fraction of sp³-hybridized carbons (Fsp3) is 0.444. The first-order chi connectivity index (χ1) is 16.2. The summed E-state index contributed by atoms with van der Waals surface area (Å²) in [7, 11) is 0. The Bertz CT molecular complexity index is 1090. The first kappa shape index (κ1) is 24.4. The summed E-state index contributed by atoms with van der Waals surface area (Å²) in [5, 5.41) is 15.4. The molecule has 1 aliphatic rings. The maximum absolute atomic E-state index is 14.5. The van der Waals surface area contributed by atoms with Crippen LogP contribution in [0.25, 0.3) is 5.69 Å². The normalized spacial score (nSPS) is 15.0. The number of nitrogens with zero attached hydrogens (tertiary/aromatic N) is 3. The molecule has 0 radical (unpaired) electrons. The fourth-order valence-electron chi connectivity index (χ4n) is 3.86. The second kappa shape index (κ2) is 10.3. The highest BCUT2D eigenvalue weighted by Crippen LogP contribution is 2.35. The topological polar surface area (TPSA) is 59.8 Å². The minimum Gasteiger partial charge on any atom is -0.435 e. The Hall–Kier alpha value is -2.74. The van der Waals surface area contributed by atoms with Crippen molar-refractivity contribution in [1.82, 2.24) is 14.7 Å². The number of ether oxygens (including phenoxy) is 2. The average Bonchev–Trinajstić information content (AvgIpc) is 3.60. The summed E-state index contributed by atoms with van der Waals surface area (Å²) in [4.78, 5) is 2.25. The van der Waals surface area contributed by atoms with Gasteiger partial charge in [-0.15, -0.1) is 0 Å². The van der Waals surface area contributed by atoms with E-state index in [-0.39, 0.29) is 18.0 Å². The van der Waals surface area contributed by atoms with Gasteiger partial charge in [-0.05, 0) is 64.8 Å². The van der Waals surface area contributed by atoms with E-state index in [1.54, 1.807) is 22.9 Å². The number of para-hydroxylation sites is 2. The highest BCUT2D eigenvalue weighted by molar-refractivity contribution is 5.43. The van der Waals surface area contributed by atoms with Gasteiger partial charge < -0.3 is 14.6 Å². The van der Waals surface area contributed by atoms with Crippen molar-refractivity contribution < 1.29 is 19.0 Å². The summed E-state index contributed by atoms with van der Waals surface area (Å²) in [6.45, 7) is 9.17. The van der Waals surface area contributed by atoms with E-state index in [4.69, 9.17) is 14.6 Å². The van der Waals surface area contributed by atoms with E-state index in [2.05, 4.69) is 4.90 Å². The molecule has 1 atom stereocenters. The number of aromatic nitrogens is 2. The molecule has 0 saturated heterocycles. The van der Waals surface area contributed by atoms with E-state index in [0.717, 1.165) is 29.8 Å². The van der Waals surface area contributed by atoms with Crippen LogP contribution in [0.2, 0.25) is 0 Å². The molecule has 0 bridgehead atoms. The van der Waals surface area contributed by atoms with E-state index in [9.17, 15) is 9.50 Å². The molecule has 1 heterocycles. The number of benzene rings is 2. The zero-order chi connectivity index (χ0) is 24.3. The van der Waals surface area contributed by atoms with E-state index in [1.807, 2.05) is 58.0 Å². The fourth-order valence-corrected chi connectivity index (χ4v) is 3.86. The van der Waals surface area contributed by atoms with Gasteiger partial charge in [0, 0.05) is 19.1 Å². The summed E-state index contributed by atoms with van der Waals surface area (Å²) in [6.07, 6.45) is 1.56. The van der Waals surface area contributed by atoms with Gasteiger partial charge in [0.1, 0.15) is 0 Å². The lowest BCUT2D eigenvalue weighted by Crippen LogP contribution is -2.38. The van der Waals surface area contributed by atoms with Gasteiger partial charge in [-0.1, -0.05) is 30.3 Å². The minimum atomic E-state index is -0.611. The molecule has 182 valence electrons. The molecule has 0 aliphatic heterocycles. The van der Waals surface area contributed by atoms with E-state index in [1.165, 1.54) is 6.07 Å². The molecule has 0 spiro atoms. The van der Waals surface area contributed by atoms with Gasteiger partial charge in [0.15, 0.2) is 11.6 Å². The zero-order valence-electron chi connectivity index (χ0n) is 20.4. The Kier molecular flexibility index (Phi) is 7.36. The Morgan fingerprint density at radius 1 is 1.12 bits per heavy atom. The molecule has 2 aromatic carbocycles. The van der Waals surface area contributed by atoms with E-state index >= 15 is 0 Å². The van der Waals surface area contributed by atoms with Crippen molar-refractivity contribution in [2.75, 3.05) is 13.2 Å². The smallest absolute Gasteiger partial charge is 0.227 e. The van der Waals surface area contributed by atoms with Crippen LogP contribution in [0.1, 0.15) is 44.9 Å². The van der Waals surface area contributed by atoms with Crippen LogP contribution in [-0.2, 0) is 11.3 Å². The largest absolute Gasteiger partial charge is 0.435 e. The van der Waals surface area contributed by atoms with Crippen LogP contribution in [0.5, 0.6) is 11.6 Å². The molecule has 0 unspecified atom stereocenters. The molecule has 1 aliphatic carbocycles. The molecule has 34 heavy (non-hydrogen) atoms. The van der Waals surface area contributed by atoms with Crippen molar-refractivity contribution in [3.05, 3.63) is 71.7 Å². The quantitative estimate of drug-likeness (QED) is 0.441. The number of hydrogen-bond acceptors (Lipinski definition) is 5. The van der Waals surface area contributed by atoms with Gasteiger partial charge in [-0.3, -0.25) is 4.90 Å². The molecule has 1 N–H and O–H groups in total. The molecule has 4 rings (SSSR count). The number of aliphatic hydroxyl groups excluding tert-OH is 1. The van der Waals surface area contributed by atoms with Crippen LogP contribution in [0.15, 0.2) is 54.6 Å². The highest BCUT2D eigenvalue weighted by Gasteiger charge is 2.33. The Balaban J connectivity index is 1.63. The monoisotopic (exact) mass is 467 g/mol. The van der Waals surface area contributed by atoms with Gasteiger partial charge in [-0.2, -0.15) is 5.10 Å². The second-order valence-electron chi connectivity index (χ2n) is 9.89. The lowest BCUT2D eigenvalue weighted by Gasteiger charge is -2.27. The van der Waals surface area contributed by atoms with Crippen molar-refractivity contribution in [3.8, 4) is 17.3 Å². The van der Waals surface area contributed by atoms with Crippen LogP contribution in [-0.4, -0.2) is 50.7 Å². The molecule has 7 heteroatoms. The molecule has 3 aromatic rings. The Morgan fingerprint density at radius 2 is 1.79 bits per heavy atom. The van der Waals surface area contributed by atoms with Gasteiger partial charge in [0.2, 0.25) is 5.88 Å². The summed E-state index contributed by atoms with van der Waals surface area (Å²) >= 11 is 0. The number of rotatable bonds is 10. The number of aliphatic hydroxyl groups is 1. The zero-order valence-corrected chi connectivity index (χ0v) is 20.4. The van der Waals surface area contributed by atoms with Crippen molar-refractivity contribution in [2.24, 2.45) is 0 Å². The third-order valence-electron chi connectivity index (χ3n) is 5.76. The van der Waals surface area contributed by atoms with Crippen molar-refractivity contribution in [1.29, 1.82) is 0 Å². The minimum absolute atomic E-state index is 0.150. The standard InChI is InChI=1S/C27H34FN3O3/c1-19-23(17-30(20-14-15-20)16-22(32)18-33-27(2,3)4)26(34-25-13-9-8-12-24(25)28)31(29-19)21-10-6-5-7-11-21/h5-13,20,22,32H,14-18H2,1-4H3/t22-/m1/s1. The number of hydrogen-bond donors (Lipinski definition) is 1. The second-order valence-corrected chi connectivity index (χ2v) is 9.89. The Morgan fingerprint density at radius 3 is 2.44 bits per heavy atom. The van der Waals surface area contributed by atoms with Crippen LogP contribution in [0.4, 0.5) is 4.39 Å². The van der Waals surface area contributed by atoms with E-state index in [0.29, 0.717) is 25.0 Å².